The lowest BCUT2D eigenvalue weighted by Crippen LogP contribution is -2.39. The maximum absolute atomic E-state index is 13.4. The summed E-state index contributed by atoms with van der Waals surface area (Å²) in [7, 11) is 0. The van der Waals surface area contributed by atoms with Crippen LogP contribution in [-0.4, -0.2) is 30.9 Å². The Balaban J connectivity index is 1.50. The van der Waals surface area contributed by atoms with E-state index in [4.69, 9.17) is 9.78 Å². The van der Waals surface area contributed by atoms with Gasteiger partial charge in [0.15, 0.2) is 0 Å². The van der Waals surface area contributed by atoms with Gasteiger partial charge in [0.1, 0.15) is 6.04 Å². The van der Waals surface area contributed by atoms with E-state index in [0.717, 1.165) is 22.5 Å². The van der Waals surface area contributed by atoms with Gasteiger partial charge in [0.25, 0.3) is 5.91 Å². The van der Waals surface area contributed by atoms with Crippen LogP contribution in [0, 0.1) is 18.3 Å². The van der Waals surface area contributed by atoms with Gasteiger partial charge in [-0.05, 0) is 37.3 Å². The maximum atomic E-state index is 13.4. The van der Waals surface area contributed by atoms with Crippen molar-refractivity contribution in [3.63, 3.8) is 0 Å². The molecule has 1 aliphatic heterocycles. The average Bonchev–Trinajstić information content (AvgIpc) is 3.47. The van der Waals surface area contributed by atoms with Crippen LogP contribution in [0.25, 0.3) is 11.4 Å². The molecule has 4 aromatic rings. The topological polar surface area (TPSA) is 112 Å². The van der Waals surface area contributed by atoms with Gasteiger partial charge in [-0.2, -0.15) is 10.2 Å². The summed E-state index contributed by atoms with van der Waals surface area (Å²) in [6.45, 7) is 2.35. The van der Waals surface area contributed by atoms with Crippen LogP contribution in [0.3, 0.4) is 0 Å². The second-order valence-corrected chi connectivity index (χ2v) is 7.50. The lowest BCUT2D eigenvalue weighted by atomic mass is 10.0. The van der Waals surface area contributed by atoms with Crippen molar-refractivity contribution in [3.8, 4) is 17.5 Å². The molecule has 5 rings (SSSR count). The van der Waals surface area contributed by atoms with Crippen molar-refractivity contribution in [2.45, 2.75) is 25.9 Å². The van der Waals surface area contributed by atoms with E-state index in [-0.39, 0.29) is 5.91 Å². The number of hydrogen-bond donors (Lipinski definition) is 1. The molecule has 0 unspecified atom stereocenters. The molecule has 8 heteroatoms. The van der Waals surface area contributed by atoms with Crippen molar-refractivity contribution in [2.75, 3.05) is 0 Å². The molecule has 2 aromatic carbocycles. The number of aromatic amines is 1. The zero-order chi connectivity index (χ0) is 21.4. The minimum Gasteiger partial charge on any atom is -0.347 e. The second kappa shape index (κ2) is 7.54. The van der Waals surface area contributed by atoms with E-state index in [9.17, 15) is 4.79 Å². The molecule has 0 aliphatic carbocycles. The molecule has 1 aliphatic rings. The summed E-state index contributed by atoms with van der Waals surface area (Å²) < 4.78 is 5.61. The largest absolute Gasteiger partial charge is 0.347 e. The number of amides is 1. The third-order valence-corrected chi connectivity index (χ3v) is 5.42. The number of rotatable bonds is 3. The van der Waals surface area contributed by atoms with Crippen molar-refractivity contribution < 1.29 is 9.32 Å². The van der Waals surface area contributed by atoms with Gasteiger partial charge < -0.3 is 14.4 Å². The Hall–Kier alpha value is -4.25. The summed E-state index contributed by atoms with van der Waals surface area (Å²) in [5.74, 6) is 0.675. The van der Waals surface area contributed by atoms with Crippen molar-refractivity contribution in [3.05, 3.63) is 88.8 Å². The first kappa shape index (κ1) is 18.8. The fraction of sp³-hybridized carbons (Fsp3) is 0.174. The Morgan fingerprint density at radius 1 is 1.26 bits per heavy atom. The van der Waals surface area contributed by atoms with E-state index in [1.807, 2.05) is 31.2 Å². The molecule has 0 fully saturated rings. The van der Waals surface area contributed by atoms with Crippen LogP contribution >= 0.6 is 0 Å². The van der Waals surface area contributed by atoms with Crippen molar-refractivity contribution >= 4 is 5.91 Å². The number of hydrogen-bond acceptors (Lipinski definition) is 6. The number of H-pyrrole nitrogens is 1. The van der Waals surface area contributed by atoms with E-state index in [1.54, 1.807) is 35.5 Å². The van der Waals surface area contributed by atoms with Crippen LogP contribution in [-0.2, 0) is 13.0 Å². The minimum atomic E-state index is -0.440. The highest BCUT2D eigenvalue weighted by Crippen LogP contribution is 2.33. The Labute approximate surface area is 178 Å². The second-order valence-electron chi connectivity index (χ2n) is 7.50. The monoisotopic (exact) mass is 410 g/mol. The summed E-state index contributed by atoms with van der Waals surface area (Å²) in [6.07, 6.45) is 2.10. The third kappa shape index (κ3) is 3.46. The SMILES string of the molecule is Cc1cccc(-c2noc([C@@H]3Cc4nc[nH]c4CN3C(=O)c3ccc(C#N)cc3)n2)c1. The summed E-state index contributed by atoms with van der Waals surface area (Å²) in [5, 5.41) is 13.2. The van der Waals surface area contributed by atoms with Crippen LogP contribution < -0.4 is 0 Å². The Morgan fingerprint density at radius 2 is 2.10 bits per heavy atom. The molecule has 1 N–H and O–H groups in total. The van der Waals surface area contributed by atoms with Crippen molar-refractivity contribution in [1.29, 1.82) is 5.26 Å². The summed E-state index contributed by atoms with van der Waals surface area (Å²) in [4.78, 5) is 27.1. The predicted molar refractivity (Wildman–Crippen MR) is 111 cm³/mol. The molecule has 0 spiro atoms. The van der Waals surface area contributed by atoms with Gasteiger partial charge in [-0.3, -0.25) is 4.79 Å². The Bertz CT molecular complexity index is 1300. The smallest absolute Gasteiger partial charge is 0.254 e. The Morgan fingerprint density at radius 3 is 2.87 bits per heavy atom. The first-order valence-corrected chi connectivity index (χ1v) is 9.85. The number of fused-ring (bicyclic) bond motifs is 1. The van der Waals surface area contributed by atoms with Crippen LogP contribution in [0.1, 0.15) is 44.8 Å². The number of aromatic nitrogens is 4. The average molecular weight is 410 g/mol. The van der Waals surface area contributed by atoms with Crippen molar-refractivity contribution in [1.82, 2.24) is 25.0 Å². The standard InChI is InChI=1S/C23H18N6O2/c1-14-3-2-4-17(9-14)21-27-22(31-28-21)20-10-18-19(26-13-25-18)12-29(20)23(30)16-7-5-15(11-24)6-8-16/h2-9,13,20H,10,12H2,1H3,(H,25,26)/t20-/m0/s1. The number of carbonyl (C=O) groups is 1. The molecule has 31 heavy (non-hydrogen) atoms. The molecule has 0 bridgehead atoms. The number of imidazole rings is 1. The molecule has 0 radical (unpaired) electrons. The van der Waals surface area contributed by atoms with Crippen LogP contribution in [0.4, 0.5) is 0 Å². The van der Waals surface area contributed by atoms with Gasteiger partial charge in [-0.25, -0.2) is 4.98 Å². The highest BCUT2D eigenvalue weighted by Gasteiger charge is 2.36. The van der Waals surface area contributed by atoms with Crippen molar-refractivity contribution in [2.24, 2.45) is 0 Å². The molecule has 0 saturated heterocycles. The highest BCUT2D eigenvalue weighted by atomic mass is 16.5. The number of nitriles is 1. The van der Waals surface area contributed by atoms with E-state index >= 15 is 0 Å². The summed E-state index contributed by atoms with van der Waals surface area (Å²) in [5.41, 5.74) is 4.71. The molecular formula is C23H18N6O2. The zero-order valence-corrected chi connectivity index (χ0v) is 16.7. The van der Waals surface area contributed by atoms with Gasteiger partial charge in [0.2, 0.25) is 11.7 Å². The number of nitrogens with one attached hydrogen (secondary N) is 1. The van der Waals surface area contributed by atoms with E-state index in [0.29, 0.717) is 35.8 Å². The Kier molecular flexibility index (Phi) is 4.56. The maximum Gasteiger partial charge on any atom is 0.254 e. The fourth-order valence-corrected chi connectivity index (χ4v) is 3.80. The predicted octanol–water partition coefficient (Wildman–Crippen LogP) is 3.58. The summed E-state index contributed by atoms with van der Waals surface area (Å²) in [6, 6.07) is 16.1. The molecule has 2 aromatic heterocycles. The van der Waals surface area contributed by atoms with Gasteiger partial charge >= 0.3 is 0 Å². The fourth-order valence-electron chi connectivity index (χ4n) is 3.80. The summed E-state index contributed by atoms with van der Waals surface area (Å²) >= 11 is 0. The highest BCUT2D eigenvalue weighted by molar-refractivity contribution is 5.94. The normalized spacial score (nSPS) is 15.4. The molecule has 152 valence electrons. The number of aryl methyl sites for hydroxylation is 1. The molecule has 0 saturated carbocycles. The molecule has 3 heterocycles. The molecular weight excluding hydrogens is 392 g/mol. The van der Waals surface area contributed by atoms with E-state index in [2.05, 4.69) is 26.2 Å². The lowest BCUT2D eigenvalue weighted by Gasteiger charge is -2.32. The first-order chi connectivity index (χ1) is 15.1. The quantitative estimate of drug-likeness (QED) is 0.552. The van der Waals surface area contributed by atoms with Crippen LogP contribution in [0.15, 0.2) is 59.4 Å². The third-order valence-electron chi connectivity index (χ3n) is 5.42. The minimum absolute atomic E-state index is 0.176. The zero-order valence-electron chi connectivity index (χ0n) is 16.7. The van der Waals surface area contributed by atoms with Crippen LogP contribution in [0.5, 0.6) is 0 Å². The number of nitrogens with zero attached hydrogens (tertiary/aromatic N) is 5. The molecule has 1 atom stereocenters. The van der Waals surface area contributed by atoms with Gasteiger partial charge in [-0.15, -0.1) is 0 Å². The van der Waals surface area contributed by atoms with Gasteiger partial charge in [-0.1, -0.05) is 28.9 Å². The molecule has 8 nitrogen and oxygen atoms in total. The van der Waals surface area contributed by atoms with Gasteiger partial charge in [0, 0.05) is 17.5 Å². The van der Waals surface area contributed by atoms with E-state index < -0.39 is 6.04 Å². The molecule has 1 amide bonds. The van der Waals surface area contributed by atoms with E-state index in [1.165, 1.54) is 0 Å². The van der Waals surface area contributed by atoms with Gasteiger partial charge in [0.05, 0.1) is 35.9 Å². The van der Waals surface area contributed by atoms with Crippen LogP contribution in [0.2, 0.25) is 0 Å². The number of carbonyl (C=O) groups excluding carboxylic acids is 1. The first-order valence-electron chi connectivity index (χ1n) is 9.85. The number of benzene rings is 2. The lowest BCUT2D eigenvalue weighted by molar-refractivity contribution is 0.0590.